The summed E-state index contributed by atoms with van der Waals surface area (Å²) in [5.74, 6) is -1.54. The molecule has 1 unspecified atom stereocenters. The van der Waals surface area contributed by atoms with E-state index >= 15 is 0 Å². The fourth-order valence-corrected chi connectivity index (χ4v) is 9.73. The molecule has 1 spiro atoms. The third-order valence-corrected chi connectivity index (χ3v) is 10.2. The number of carbonyl (C=O) groups is 3. The minimum Gasteiger partial charge on any atom is -0.469 e. The molecule has 4 fully saturated rings. The van der Waals surface area contributed by atoms with Gasteiger partial charge in [-0.1, -0.05) is 18.6 Å². The first-order valence-electron chi connectivity index (χ1n) is 11.9. The number of carbonyl (C=O) groups excluding carboxylic acids is 3. The lowest BCUT2D eigenvalue weighted by Crippen LogP contribution is -2.55. The highest BCUT2D eigenvalue weighted by molar-refractivity contribution is 6.69. The Morgan fingerprint density at radius 3 is 2.38 bits per heavy atom. The molecular formula is C25H38O6Si. The number of aldehydes is 1. The van der Waals surface area contributed by atoms with Crippen LogP contribution in [0.25, 0.3) is 0 Å². The Morgan fingerprint density at radius 2 is 1.81 bits per heavy atom. The van der Waals surface area contributed by atoms with Crippen molar-refractivity contribution in [2.24, 2.45) is 39.9 Å². The molecule has 4 aliphatic rings. The molecule has 8 atom stereocenters. The van der Waals surface area contributed by atoms with Gasteiger partial charge in [0.2, 0.25) is 0 Å². The van der Waals surface area contributed by atoms with Crippen molar-refractivity contribution in [2.45, 2.75) is 71.2 Å². The largest absolute Gasteiger partial charge is 0.469 e. The van der Waals surface area contributed by atoms with Gasteiger partial charge in [-0.05, 0) is 70.0 Å². The van der Waals surface area contributed by atoms with Gasteiger partial charge in [0.25, 0.3) is 0 Å². The van der Waals surface area contributed by atoms with Gasteiger partial charge < -0.3 is 18.7 Å². The van der Waals surface area contributed by atoms with E-state index in [1.54, 1.807) is 0 Å². The lowest BCUT2D eigenvalue weighted by Gasteiger charge is -2.52. The van der Waals surface area contributed by atoms with E-state index in [0.717, 1.165) is 31.1 Å². The quantitative estimate of drug-likeness (QED) is 0.264. The fourth-order valence-electron chi connectivity index (χ4n) is 8.59. The maximum absolute atomic E-state index is 13.5. The van der Waals surface area contributed by atoms with Crippen LogP contribution in [-0.2, 0) is 28.3 Å². The van der Waals surface area contributed by atoms with E-state index in [1.165, 1.54) is 14.2 Å². The highest BCUT2D eigenvalue weighted by Crippen LogP contribution is 2.77. The highest BCUT2D eigenvalue weighted by atomic mass is 28.4. The SMILES string of the molecule is C=C1C[C@]23CC1C[C@@H](O[Si](C)(C)C)[C@H]2[C@]1(C=O)CCC[C@@](C)(C(=O)OC)[C@H]1[C@@H]3C(=O)OC. The molecule has 178 valence electrons. The summed E-state index contributed by atoms with van der Waals surface area (Å²) in [6.45, 7) is 12.8. The van der Waals surface area contributed by atoms with Gasteiger partial charge in [-0.3, -0.25) is 9.59 Å². The molecule has 32 heavy (non-hydrogen) atoms. The van der Waals surface area contributed by atoms with Gasteiger partial charge in [0, 0.05) is 23.4 Å². The Bertz CT molecular complexity index is 848. The molecule has 0 N–H and O–H groups in total. The van der Waals surface area contributed by atoms with Crippen molar-refractivity contribution in [1.82, 2.24) is 0 Å². The van der Waals surface area contributed by atoms with E-state index < -0.39 is 36.4 Å². The summed E-state index contributed by atoms with van der Waals surface area (Å²) < 4.78 is 17.4. The number of rotatable bonds is 5. The highest BCUT2D eigenvalue weighted by Gasteiger charge is 2.79. The topological polar surface area (TPSA) is 78.9 Å². The van der Waals surface area contributed by atoms with E-state index in [0.29, 0.717) is 19.3 Å². The number of allylic oxidation sites excluding steroid dienone is 1. The monoisotopic (exact) mass is 462 g/mol. The van der Waals surface area contributed by atoms with Crippen molar-refractivity contribution in [2.75, 3.05) is 14.2 Å². The van der Waals surface area contributed by atoms with Gasteiger partial charge in [-0.15, -0.1) is 0 Å². The van der Waals surface area contributed by atoms with E-state index in [2.05, 4.69) is 26.2 Å². The van der Waals surface area contributed by atoms with Gasteiger partial charge in [0.05, 0.1) is 25.6 Å². The number of ether oxygens (including phenoxy) is 2. The molecule has 2 bridgehead atoms. The molecule has 0 aliphatic heterocycles. The molecule has 6 nitrogen and oxygen atoms in total. The Morgan fingerprint density at radius 1 is 1.12 bits per heavy atom. The standard InChI is InChI=1S/C25H38O6Si/c1-15-12-25-13-16(15)11-17(31-32(5,6)7)19(25)24(14-26)10-8-9-23(2,22(28)30-4)20(24)18(25)21(27)29-3/h14,16-20H,1,8-13H2,2-7H3/t16?,17-,18-,19+,20-,23-,24-,25-/m1/s1. The van der Waals surface area contributed by atoms with Gasteiger partial charge >= 0.3 is 11.9 Å². The molecule has 0 amide bonds. The second-order valence-electron chi connectivity index (χ2n) is 11.9. The molecule has 0 radical (unpaired) electrons. The zero-order valence-corrected chi connectivity index (χ0v) is 21.4. The van der Waals surface area contributed by atoms with Crippen molar-refractivity contribution < 1.29 is 28.3 Å². The fraction of sp³-hybridized carbons (Fsp3) is 0.800. The van der Waals surface area contributed by atoms with Crippen LogP contribution in [0, 0.1) is 39.9 Å². The van der Waals surface area contributed by atoms with E-state index in [-0.39, 0.29) is 29.9 Å². The van der Waals surface area contributed by atoms with Crippen LogP contribution in [0.3, 0.4) is 0 Å². The Balaban J connectivity index is 1.99. The normalized spacial score (nSPS) is 45.1. The van der Waals surface area contributed by atoms with Crippen LogP contribution in [-0.4, -0.2) is 46.9 Å². The van der Waals surface area contributed by atoms with Crippen molar-refractivity contribution in [3.8, 4) is 0 Å². The van der Waals surface area contributed by atoms with Crippen LogP contribution in [0.15, 0.2) is 12.2 Å². The van der Waals surface area contributed by atoms with Crippen LogP contribution < -0.4 is 0 Å². The van der Waals surface area contributed by atoms with Gasteiger partial charge in [0.15, 0.2) is 8.32 Å². The second kappa shape index (κ2) is 7.52. The summed E-state index contributed by atoms with van der Waals surface area (Å²) in [7, 11) is 0.863. The van der Waals surface area contributed by atoms with Crippen molar-refractivity contribution >= 4 is 26.5 Å². The molecule has 4 rings (SSSR count). The molecule has 7 heteroatoms. The summed E-state index contributed by atoms with van der Waals surface area (Å²) in [5.41, 5.74) is -1.07. The lowest BCUT2D eigenvalue weighted by atomic mass is 9.52. The Kier molecular flexibility index (Phi) is 5.56. The number of hydrogen-bond acceptors (Lipinski definition) is 6. The molecule has 4 saturated carbocycles. The molecule has 4 aliphatic carbocycles. The van der Waals surface area contributed by atoms with Crippen LogP contribution >= 0.6 is 0 Å². The average Bonchev–Trinajstić information content (AvgIpc) is 3.14. The summed E-state index contributed by atoms with van der Waals surface area (Å²) in [5, 5.41) is 0. The van der Waals surface area contributed by atoms with Gasteiger partial charge in [0.1, 0.15) is 6.29 Å². The van der Waals surface area contributed by atoms with Crippen LogP contribution in [0.4, 0.5) is 0 Å². The maximum atomic E-state index is 13.5. The smallest absolute Gasteiger partial charge is 0.311 e. The van der Waals surface area contributed by atoms with Crippen molar-refractivity contribution in [3.05, 3.63) is 12.2 Å². The summed E-state index contributed by atoms with van der Waals surface area (Å²) in [4.78, 5) is 39.9. The molecule has 0 aromatic heterocycles. The van der Waals surface area contributed by atoms with E-state index in [4.69, 9.17) is 13.9 Å². The molecule has 0 heterocycles. The van der Waals surface area contributed by atoms with Gasteiger partial charge in [-0.2, -0.15) is 0 Å². The minimum absolute atomic E-state index is 0.123. The second-order valence-corrected chi connectivity index (χ2v) is 16.4. The minimum atomic E-state index is -1.94. The zero-order valence-electron chi connectivity index (χ0n) is 20.4. The number of fused-ring (bicyclic) bond motifs is 3. The third-order valence-electron chi connectivity index (χ3n) is 9.20. The van der Waals surface area contributed by atoms with Crippen molar-refractivity contribution in [3.63, 3.8) is 0 Å². The average molecular weight is 463 g/mol. The van der Waals surface area contributed by atoms with Crippen LogP contribution in [0.2, 0.25) is 19.6 Å². The van der Waals surface area contributed by atoms with Crippen LogP contribution in [0.5, 0.6) is 0 Å². The zero-order chi connectivity index (χ0) is 23.7. The number of methoxy groups -OCH3 is 2. The first kappa shape index (κ1) is 23.7. The first-order chi connectivity index (χ1) is 14.9. The lowest BCUT2D eigenvalue weighted by molar-refractivity contribution is -0.171. The molecule has 0 aromatic carbocycles. The molecule has 0 saturated heterocycles. The van der Waals surface area contributed by atoms with Crippen molar-refractivity contribution in [1.29, 1.82) is 0 Å². The third kappa shape index (κ3) is 3.03. The van der Waals surface area contributed by atoms with Crippen LogP contribution in [0.1, 0.15) is 45.4 Å². The maximum Gasteiger partial charge on any atom is 0.311 e. The summed E-state index contributed by atoms with van der Waals surface area (Å²) in [6.07, 6.45) is 5.29. The molecule has 0 aromatic rings. The molecular weight excluding hydrogens is 424 g/mol. The Labute approximate surface area is 192 Å². The van der Waals surface area contributed by atoms with E-state index in [9.17, 15) is 14.4 Å². The first-order valence-corrected chi connectivity index (χ1v) is 15.3. The number of hydrogen-bond donors (Lipinski definition) is 0. The summed E-state index contributed by atoms with van der Waals surface area (Å²) >= 11 is 0. The Hall–Kier alpha value is -1.47. The predicted octanol–water partition coefficient (Wildman–Crippen LogP) is 4.15. The summed E-state index contributed by atoms with van der Waals surface area (Å²) in [6, 6.07) is 0. The van der Waals surface area contributed by atoms with E-state index in [1.807, 2.05) is 6.92 Å². The number of esters is 2. The predicted molar refractivity (Wildman–Crippen MR) is 122 cm³/mol. The van der Waals surface area contributed by atoms with Gasteiger partial charge in [-0.25, -0.2) is 0 Å².